The first-order valence-electron chi connectivity index (χ1n) is 5.56. The highest BCUT2D eigenvalue weighted by molar-refractivity contribution is 6.36. The third-order valence-electron chi connectivity index (χ3n) is 3.07. The van der Waals surface area contributed by atoms with E-state index in [0.29, 0.717) is 34.6 Å². The van der Waals surface area contributed by atoms with Crippen molar-refractivity contribution in [1.29, 1.82) is 0 Å². The Balaban J connectivity index is 0.00000162. The number of nitrogens with two attached hydrogens (primary N) is 1. The molecule has 2 rings (SSSR count). The average Bonchev–Trinajstić information content (AvgIpc) is 2.76. The van der Waals surface area contributed by atoms with Crippen molar-refractivity contribution in [1.82, 2.24) is 4.90 Å². The molecule has 0 aliphatic carbocycles. The summed E-state index contributed by atoms with van der Waals surface area (Å²) in [5, 5.41) is 0.937. The van der Waals surface area contributed by atoms with Crippen molar-refractivity contribution < 1.29 is 4.79 Å². The van der Waals surface area contributed by atoms with Crippen LogP contribution in [-0.2, 0) is 0 Å². The molecule has 1 aliphatic heterocycles. The van der Waals surface area contributed by atoms with E-state index in [2.05, 4.69) is 0 Å². The van der Waals surface area contributed by atoms with Crippen molar-refractivity contribution in [2.24, 2.45) is 11.7 Å². The lowest BCUT2D eigenvalue weighted by molar-refractivity contribution is 0.0788. The van der Waals surface area contributed by atoms with Gasteiger partial charge in [0.25, 0.3) is 5.91 Å². The van der Waals surface area contributed by atoms with Crippen LogP contribution >= 0.6 is 35.6 Å². The lowest BCUT2D eigenvalue weighted by atomic mass is 10.1. The van der Waals surface area contributed by atoms with Gasteiger partial charge in [-0.25, -0.2) is 0 Å². The van der Waals surface area contributed by atoms with Gasteiger partial charge in [-0.15, -0.1) is 12.4 Å². The number of benzene rings is 1. The predicted molar refractivity (Wildman–Crippen MR) is 76.8 cm³/mol. The van der Waals surface area contributed by atoms with Crippen LogP contribution in [0.1, 0.15) is 16.8 Å². The number of hydrogen-bond donors (Lipinski definition) is 1. The number of amides is 1. The van der Waals surface area contributed by atoms with Crippen molar-refractivity contribution in [3.8, 4) is 0 Å². The molecule has 1 fully saturated rings. The van der Waals surface area contributed by atoms with Crippen molar-refractivity contribution in [3.05, 3.63) is 33.8 Å². The molecular weight excluding hydrogens is 295 g/mol. The number of hydrogen-bond acceptors (Lipinski definition) is 2. The minimum atomic E-state index is -0.0392. The number of carbonyl (C=O) groups excluding carboxylic acids is 1. The quantitative estimate of drug-likeness (QED) is 0.913. The lowest BCUT2D eigenvalue weighted by Crippen LogP contribution is -2.30. The van der Waals surface area contributed by atoms with Crippen molar-refractivity contribution in [3.63, 3.8) is 0 Å². The normalized spacial score (nSPS) is 18.6. The largest absolute Gasteiger partial charge is 0.338 e. The molecule has 0 radical (unpaired) electrons. The first-order chi connectivity index (χ1) is 8.11. The lowest BCUT2D eigenvalue weighted by Gasteiger charge is -2.17. The van der Waals surface area contributed by atoms with E-state index < -0.39 is 0 Å². The summed E-state index contributed by atoms with van der Waals surface area (Å²) in [6.45, 7) is 2.09. The number of halogens is 3. The highest BCUT2D eigenvalue weighted by Gasteiger charge is 2.26. The molecule has 0 aromatic heterocycles. The van der Waals surface area contributed by atoms with Gasteiger partial charge in [0.15, 0.2) is 0 Å². The molecule has 1 aromatic carbocycles. The number of nitrogens with zero attached hydrogens (tertiary/aromatic N) is 1. The molecule has 2 N–H and O–H groups in total. The van der Waals surface area contributed by atoms with Gasteiger partial charge in [0.05, 0.1) is 10.6 Å². The highest BCUT2D eigenvalue weighted by Crippen LogP contribution is 2.24. The van der Waals surface area contributed by atoms with E-state index in [-0.39, 0.29) is 18.3 Å². The standard InChI is InChI=1S/C12H14Cl2N2O.ClH/c13-9-1-2-10(11(14)5-9)12(17)16-4-3-8(6-15)7-16;/h1-2,5,8H,3-4,6-7,15H2;1H. The molecule has 3 nitrogen and oxygen atoms in total. The molecule has 1 heterocycles. The van der Waals surface area contributed by atoms with Crippen LogP contribution < -0.4 is 5.73 Å². The fraction of sp³-hybridized carbons (Fsp3) is 0.417. The Kier molecular flexibility index (Phi) is 5.73. The summed E-state index contributed by atoms with van der Waals surface area (Å²) in [6.07, 6.45) is 0.966. The van der Waals surface area contributed by atoms with E-state index in [1.54, 1.807) is 23.1 Å². The van der Waals surface area contributed by atoms with Gasteiger partial charge in [0.1, 0.15) is 0 Å². The molecule has 1 atom stereocenters. The number of rotatable bonds is 2. The van der Waals surface area contributed by atoms with Crippen molar-refractivity contribution in [2.75, 3.05) is 19.6 Å². The van der Waals surface area contributed by atoms with Crippen LogP contribution in [0, 0.1) is 5.92 Å². The zero-order valence-electron chi connectivity index (χ0n) is 9.73. The smallest absolute Gasteiger partial charge is 0.255 e. The summed E-state index contributed by atoms with van der Waals surface area (Å²) in [4.78, 5) is 14.0. The zero-order valence-corrected chi connectivity index (χ0v) is 12.1. The first kappa shape index (κ1) is 15.6. The third-order valence-corrected chi connectivity index (χ3v) is 3.62. The maximum Gasteiger partial charge on any atom is 0.255 e. The van der Waals surface area contributed by atoms with Gasteiger partial charge >= 0.3 is 0 Å². The summed E-state index contributed by atoms with van der Waals surface area (Å²) in [7, 11) is 0. The van der Waals surface area contributed by atoms with Gasteiger partial charge in [-0.1, -0.05) is 23.2 Å². The number of likely N-dealkylation sites (tertiary alicyclic amines) is 1. The van der Waals surface area contributed by atoms with Crippen LogP contribution in [0.25, 0.3) is 0 Å². The summed E-state index contributed by atoms with van der Waals surface area (Å²) in [5.41, 5.74) is 6.11. The molecule has 0 spiro atoms. The van der Waals surface area contributed by atoms with Gasteiger partial charge in [-0.3, -0.25) is 4.79 Å². The Hall–Kier alpha value is -0.480. The Morgan fingerprint density at radius 2 is 2.17 bits per heavy atom. The Bertz CT molecular complexity index is 439. The van der Waals surface area contributed by atoms with Crippen LogP contribution in [0.5, 0.6) is 0 Å². The molecule has 1 amide bonds. The summed E-state index contributed by atoms with van der Waals surface area (Å²) in [5.74, 6) is 0.368. The van der Waals surface area contributed by atoms with Crippen LogP contribution in [0.4, 0.5) is 0 Å². The summed E-state index contributed by atoms with van der Waals surface area (Å²) >= 11 is 11.8. The second-order valence-electron chi connectivity index (χ2n) is 4.27. The molecule has 18 heavy (non-hydrogen) atoms. The molecular formula is C12H15Cl3N2O. The zero-order chi connectivity index (χ0) is 12.4. The molecule has 6 heteroatoms. The molecule has 0 bridgehead atoms. The monoisotopic (exact) mass is 308 g/mol. The minimum Gasteiger partial charge on any atom is -0.338 e. The maximum atomic E-state index is 12.2. The second-order valence-corrected chi connectivity index (χ2v) is 5.11. The number of carbonyl (C=O) groups is 1. The van der Waals surface area contributed by atoms with Gasteiger partial charge in [-0.2, -0.15) is 0 Å². The first-order valence-corrected chi connectivity index (χ1v) is 6.32. The minimum absolute atomic E-state index is 0. The Morgan fingerprint density at radius 1 is 1.44 bits per heavy atom. The van der Waals surface area contributed by atoms with Gasteiger partial charge in [-0.05, 0) is 37.1 Å². The predicted octanol–water partition coefficient (Wildman–Crippen LogP) is 2.84. The van der Waals surface area contributed by atoms with Crippen LogP contribution in [0.3, 0.4) is 0 Å². The summed E-state index contributed by atoms with van der Waals surface area (Å²) in [6, 6.07) is 4.94. The van der Waals surface area contributed by atoms with E-state index in [1.807, 2.05) is 0 Å². The van der Waals surface area contributed by atoms with E-state index in [1.165, 1.54) is 0 Å². The highest BCUT2D eigenvalue weighted by atomic mass is 35.5. The van der Waals surface area contributed by atoms with Gasteiger partial charge < -0.3 is 10.6 Å². The van der Waals surface area contributed by atoms with E-state index >= 15 is 0 Å². The fourth-order valence-corrected chi connectivity index (χ4v) is 2.53. The molecule has 1 saturated heterocycles. The Morgan fingerprint density at radius 3 is 2.72 bits per heavy atom. The molecule has 1 aliphatic rings. The van der Waals surface area contributed by atoms with Crippen molar-refractivity contribution >= 4 is 41.5 Å². The van der Waals surface area contributed by atoms with Crippen molar-refractivity contribution in [2.45, 2.75) is 6.42 Å². The fourth-order valence-electron chi connectivity index (χ4n) is 2.04. The third kappa shape index (κ3) is 3.29. The molecule has 0 saturated carbocycles. The maximum absolute atomic E-state index is 12.2. The topological polar surface area (TPSA) is 46.3 Å². The van der Waals surface area contributed by atoms with E-state index in [0.717, 1.165) is 13.0 Å². The van der Waals surface area contributed by atoms with Gasteiger partial charge in [0.2, 0.25) is 0 Å². The summed E-state index contributed by atoms with van der Waals surface area (Å²) < 4.78 is 0. The molecule has 1 aromatic rings. The molecule has 100 valence electrons. The van der Waals surface area contributed by atoms with E-state index in [9.17, 15) is 4.79 Å². The molecule has 1 unspecified atom stereocenters. The Labute approximate surface area is 123 Å². The average molecular weight is 310 g/mol. The second kappa shape index (κ2) is 6.62. The SMILES string of the molecule is Cl.NCC1CCN(C(=O)c2ccc(Cl)cc2Cl)C1. The van der Waals surface area contributed by atoms with Gasteiger partial charge in [0, 0.05) is 18.1 Å². The van der Waals surface area contributed by atoms with Crippen LogP contribution in [0.2, 0.25) is 10.0 Å². The van der Waals surface area contributed by atoms with E-state index in [4.69, 9.17) is 28.9 Å². The van der Waals surface area contributed by atoms with Crippen LogP contribution in [0.15, 0.2) is 18.2 Å². The van der Waals surface area contributed by atoms with Crippen LogP contribution in [-0.4, -0.2) is 30.4 Å².